The van der Waals surface area contributed by atoms with E-state index in [0.29, 0.717) is 11.3 Å². The molecule has 132 valence electrons. The van der Waals surface area contributed by atoms with Gasteiger partial charge in [0.05, 0.1) is 12.2 Å². The lowest BCUT2D eigenvalue weighted by molar-refractivity contribution is 0.102. The van der Waals surface area contributed by atoms with Crippen molar-refractivity contribution in [1.29, 1.82) is 0 Å². The smallest absolute Gasteiger partial charge is 0.257 e. The van der Waals surface area contributed by atoms with E-state index in [2.05, 4.69) is 15.2 Å². The number of nitrogens with zero attached hydrogens (tertiary/aromatic N) is 2. The average Bonchev–Trinajstić information content (AvgIpc) is 2.93. The highest BCUT2D eigenvalue weighted by atomic mass is 16.3. The fraction of sp³-hybridized carbons (Fsp3) is 0.400. The Morgan fingerprint density at radius 1 is 1.16 bits per heavy atom. The van der Waals surface area contributed by atoms with Crippen molar-refractivity contribution < 1.29 is 9.90 Å². The highest BCUT2D eigenvalue weighted by molar-refractivity contribution is 6.04. The number of carbonyl (C=O) groups is 1. The van der Waals surface area contributed by atoms with Crippen LogP contribution in [-0.2, 0) is 6.61 Å². The lowest BCUT2D eigenvalue weighted by Crippen LogP contribution is -2.25. The molecule has 2 N–H and O–H groups in total. The first-order chi connectivity index (χ1) is 12.2. The first-order valence-electron chi connectivity index (χ1n) is 8.90. The lowest BCUT2D eigenvalue weighted by atomic mass is 10.1. The van der Waals surface area contributed by atoms with Crippen molar-refractivity contribution in [3.63, 3.8) is 0 Å². The van der Waals surface area contributed by atoms with Crippen LogP contribution in [0.4, 0.5) is 11.5 Å². The van der Waals surface area contributed by atoms with Crippen LogP contribution in [0.15, 0.2) is 36.5 Å². The number of pyridine rings is 1. The number of aliphatic hydroxyl groups excluding tert-OH is 1. The molecule has 1 aromatic carbocycles. The second-order valence-corrected chi connectivity index (χ2v) is 6.57. The molecule has 0 radical (unpaired) electrons. The predicted molar refractivity (Wildman–Crippen MR) is 100.0 cm³/mol. The second-order valence-electron chi connectivity index (χ2n) is 6.57. The molecule has 1 aromatic heterocycles. The summed E-state index contributed by atoms with van der Waals surface area (Å²) in [5.41, 5.74) is 2.98. The third-order valence-corrected chi connectivity index (χ3v) is 4.67. The quantitative estimate of drug-likeness (QED) is 0.894. The fourth-order valence-corrected chi connectivity index (χ4v) is 3.10. The van der Waals surface area contributed by atoms with Gasteiger partial charge in [-0.25, -0.2) is 4.98 Å². The van der Waals surface area contributed by atoms with Gasteiger partial charge in [-0.1, -0.05) is 25.0 Å². The van der Waals surface area contributed by atoms with Crippen molar-refractivity contribution in [2.45, 2.75) is 39.2 Å². The molecule has 1 aliphatic rings. The molecule has 3 rings (SSSR count). The van der Waals surface area contributed by atoms with E-state index in [0.717, 1.165) is 30.0 Å². The van der Waals surface area contributed by atoms with Crippen molar-refractivity contribution >= 4 is 17.4 Å². The summed E-state index contributed by atoms with van der Waals surface area (Å²) in [6.07, 6.45) is 6.60. The Hall–Kier alpha value is -2.40. The number of anilines is 2. The van der Waals surface area contributed by atoms with Crippen molar-refractivity contribution in [3.05, 3.63) is 53.2 Å². The van der Waals surface area contributed by atoms with Crippen LogP contribution in [0.1, 0.15) is 47.2 Å². The van der Waals surface area contributed by atoms with Crippen molar-refractivity contribution in [3.8, 4) is 0 Å². The Morgan fingerprint density at radius 2 is 1.92 bits per heavy atom. The van der Waals surface area contributed by atoms with E-state index in [9.17, 15) is 9.90 Å². The monoisotopic (exact) mass is 339 g/mol. The highest BCUT2D eigenvalue weighted by Crippen LogP contribution is 2.20. The number of aromatic nitrogens is 1. The second kappa shape index (κ2) is 8.12. The Bertz CT molecular complexity index is 720. The van der Waals surface area contributed by atoms with Gasteiger partial charge in [-0.3, -0.25) is 4.79 Å². The van der Waals surface area contributed by atoms with Gasteiger partial charge in [-0.15, -0.1) is 0 Å². The average molecular weight is 339 g/mol. The Kier molecular flexibility index (Phi) is 5.66. The zero-order valence-corrected chi connectivity index (χ0v) is 14.7. The molecule has 1 aliphatic heterocycles. The van der Waals surface area contributed by atoms with Crippen molar-refractivity contribution in [2.24, 2.45) is 0 Å². The fourth-order valence-electron chi connectivity index (χ4n) is 3.10. The minimum atomic E-state index is -0.187. The molecular formula is C20H25N3O2. The molecule has 5 nitrogen and oxygen atoms in total. The van der Waals surface area contributed by atoms with Gasteiger partial charge in [0.1, 0.15) is 5.82 Å². The lowest BCUT2D eigenvalue weighted by Gasteiger charge is -2.21. The number of rotatable bonds is 4. The Morgan fingerprint density at radius 3 is 2.56 bits per heavy atom. The van der Waals surface area contributed by atoms with Crippen LogP contribution < -0.4 is 10.2 Å². The van der Waals surface area contributed by atoms with Crippen LogP contribution in [0.3, 0.4) is 0 Å². The Balaban J connectivity index is 1.70. The maximum absolute atomic E-state index is 12.5. The largest absolute Gasteiger partial charge is 0.392 e. The number of hydrogen-bond acceptors (Lipinski definition) is 4. The first kappa shape index (κ1) is 17.4. The molecule has 1 fully saturated rings. The molecule has 0 aliphatic carbocycles. The summed E-state index contributed by atoms with van der Waals surface area (Å²) in [6.45, 7) is 3.95. The van der Waals surface area contributed by atoms with Gasteiger partial charge in [0.15, 0.2) is 0 Å². The van der Waals surface area contributed by atoms with Gasteiger partial charge in [0, 0.05) is 25.0 Å². The summed E-state index contributed by atoms with van der Waals surface area (Å²) in [4.78, 5) is 19.3. The zero-order chi connectivity index (χ0) is 17.6. The number of nitrogens with one attached hydrogen (secondary N) is 1. The number of aliphatic hydroxyl groups is 1. The normalized spacial score (nSPS) is 14.9. The van der Waals surface area contributed by atoms with E-state index in [4.69, 9.17) is 0 Å². The molecule has 5 heteroatoms. The minimum Gasteiger partial charge on any atom is -0.392 e. The number of aryl methyl sites for hydroxylation is 1. The maximum atomic E-state index is 12.5. The third kappa shape index (κ3) is 4.37. The van der Waals surface area contributed by atoms with E-state index in [1.54, 1.807) is 12.3 Å². The minimum absolute atomic E-state index is 0.0464. The molecule has 1 saturated heterocycles. The van der Waals surface area contributed by atoms with Crippen LogP contribution in [0.25, 0.3) is 0 Å². The van der Waals surface area contributed by atoms with Crippen LogP contribution >= 0.6 is 0 Å². The molecule has 0 atom stereocenters. The summed E-state index contributed by atoms with van der Waals surface area (Å²) in [7, 11) is 0. The topological polar surface area (TPSA) is 65.5 Å². The van der Waals surface area contributed by atoms with E-state index in [-0.39, 0.29) is 12.5 Å². The van der Waals surface area contributed by atoms with Crippen molar-refractivity contribution in [1.82, 2.24) is 4.98 Å². The van der Waals surface area contributed by atoms with Gasteiger partial charge in [0.2, 0.25) is 0 Å². The number of carbonyl (C=O) groups excluding carboxylic acids is 1. The first-order valence-corrected chi connectivity index (χ1v) is 8.90. The standard InChI is InChI=1S/C20H25N3O2/c1-15-6-7-16(14-24)12-18(15)22-20(25)17-8-9-19(21-13-17)23-10-4-2-3-5-11-23/h6-9,12-13,24H,2-5,10-11,14H2,1H3,(H,22,25). The molecule has 1 amide bonds. The molecule has 0 saturated carbocycles. The predicted octanol–water partition coefficient (Wildman–Crippen LogP) is 3.52. The Labute approximate surface area is 148 Å². The number of amides is 1. The molecule has 2 aromatic rings. The van der Waals surface area contributed by atoms with E-state index < -0.39 is 0 Å². The van der Waals surface area contributed by atoms with Crippen LogP contribution in [0.5, 0.6) is 0 Å². The maximum Gasteiger partial charge on any atom is 0.257 e. The van der Waals surface area contributed by atoms with Gasteiger partial charge in [0.25, 0.3) is 5.91 Å². The van der Waals surface area contributed by atoms with Gasteiger partial charge in [-0.2, -0.15) is 0 Å². The molecule has 0 unspecified atom stereocenters. The third-order valence-electron chi connectivity index (χ3n) is 4.67. The van der Waals surface area contributed by atoms with Crippen LogP contribution in [0, 0.1) is 6.92 Å². The summed E-state index contributed by atoms with van der Waals surface area (Å²) >= 11 is 0. The van der Waals surface area contributed by atoms with Crippen LogP contribution in [-0.4, -0.2) is 29.1 Å². The highest BCUT2D eigenvalue weighted by Gasteiger charge is 2.13. The zero-order valence-electron chi connectivity index (χ0n) is 14.7. The van der Waals surface area contributed by atoms with Crippen molar-refractivity contribution in [2.75, 3.05) is 23.3 Å². The summed E-state index contributed by atoms with van der Waals surface area (Å²) in [5.74, 6) is 0.755. The van der Waals surface area contributed by atoms with Gasteiger partial charge >= 0.3 is 0 Å². The molecule has 0 bridgehead atoms. The molecular weight excluding hydrogens is 314 g/mol. The summed E-state index contributed by atoms with van der Waals surface area (Å²) < 4.78 is 0. The number of hydrogen-bond donors (Lipinski definition) is 2. The molecule has 2 heterocycles. The summed E-state index contributed by atoms with van der Waals surface area (Å²) in [6, 6.07) is 9.29. The number of benzene rings is 1. The van der Waals surface area contributed by atoms with E-state index in [1.807, 2.05) is 31.2 Å². The van der Waals surface area contributed by atoms with Crippen LogP contribution in [0.2, 0.25) is 0 Å². The molecule has 0 spiro atoms. The van der Waals surface area contributed by atoms with Gasteiger partial charge in [-0.05, 0) is 49.1 Å². The SMILES string of the molecule is Cc1ccc(CO)cc1NC(=O)c1ccc(N2CCCCCC2)nc1. The molecule has 25 heavy (non-hydrogen) atoms. The van der Waals surface area contributed by atoms with E-state index >= 15 is 0 Å². The summed E-state index contributed by atoms with van der Waals surface area (Å²) in [5, 5.41) is 12.2. The van der Waals surface area contributed by atoms with Gasteiger partial charge < -0.3 is 15.3 Å². The van der Waals surface area contributed by atoms with E-state index in [1.165, 1.54) is 25.7 Å².